The molecule has 4 nitrogen and oxygen atoms in total. The lowest BCUT2D eigenvalue weighted by Gasteiger charge is -2.28. The summed E-state index contributed by atoms with van der Waals surface area (Å²) < 4.78 is 11.0. The highest BCUT2D eigenvalue weighted by molar-refractivity contribution is 5.95. The molecule has 4 heteroatoms. The van der Waals surface area contributed by atoms with Crippen LogP contribution in [-0.4, -0.2) is 36.6 Å². The highest BCUT2D eigenvalue weighted by Gasteiger charge is 2.28. The zero-order valence-corrected chi connectivity index (χ0v) is 11.8. The van der Waals surface area contributed by atoms with Gasteiger partial charge in [0.15, 0.2) is 11.5 Å². The molecule has 1 amide bonds. The van der Waals surface area contributed by atoms with E-state index in [9.17, 15) is 4.79 Å². The molecule has 106 valence electrons. The summed E-state index contributed by atoms with van der Waals surface area (Å²) in [6, 6.07) is 5.59. The van der Waals surface area contributed by atoms with E-state index in [2.05, 4.69) is 26.0 Å². The number of hydrogen-bond acceptors (Lipinski definition) is 3. The molecule has 0 N–H and O–H groups in total. The normalized spacial score (nSPS) is 20.6. The number of hydrogen-bond donors (Lipinski definition) is 0. The third-order valence-corrected chi connectivity index (χ3v) is 3.73. The van der Waals surface area contributed by atoms with Crippen LogP contribution in [0.4, 0.5) is 0 Å². The van der Waals surface area contributed by atoms with Crippen LogP contribution in [0.3, 0.4) is 0 Å². The third kappa shape index (κ3) is 2.26. The van der Waals surface area contributed by atoms with E-state index in [0.29, 0.717) is 42.7 Å². The minimum absolute atomic E-state index is 0.0469. The van der Waals surface area contributed by atoms with Gasteiger partial charge in [0, 0.05) is 12.1 Å². The number of benzene rings is 1. The second kappa shape index (κ2) is 5.19. The predicted octanol–water partition coefficient (Wildman–Crippen LogP) is 2.49. The van der Waals surface area contributed by atoms with Crippen molar-refractivity contribution in [2.75, 3.05) is 19.8 Å². The van der Waals surface area contributed by atoms with Gasteiger partial charge in [0.2, 0.25) is 0 Å². The Bertz CT molecular complexity index is 551. The molecule has 0 radical (unpaired) electrons. The Hall–Kier alpha value is -1.97. The van der Waals surface area contributed by atoms with Crippen LogP contribution >= 0.6 is 0 Å². The first-order valence-electron chi connectivity index (χ1n) is 7.04. The van der Waals surface area contributed by atoms with Gasteiger partial charge < -0.3 is 14.4 Å². The van der Waals surface area contributed by atoms with Crippen LogP contribution in [-0.2, 0) is 0 Å². The lowest BCUT2D eigenvalue weighted by Crippen LogP contribution is -2.39. The van der Waals surface area contributed by atoms with Crippen LogP contribution in [0.2, 0.25) is 0 Å². The first-order chi connectivity index (χ1) is 9.66. The van der Waals surface area contributed by atoms with Crippen LogP contribution in [0, 0.1) is 5.92 Å². The van der Waals surface area contributed by atoms with E-state index in [1.807, 2.05) is 17.0 Å². The van der Waals surface area contributed by atoms with Crippen molar-refractivity contribution in [1.82, 2.24) is 4.90 Å². The zero-order valence-electron chi connectivity index (χ0n) is 11.8. The quantitative estimate of drug-likeness (QED) is 0.777. The molecule has 0 spiro atoms. The van der Waals surface area contributed by atoms with Crippen molar-refractivity contribution < 1.29 is 14.3 Å². The van der Waals surface area contributed by atoms with Gasteiger partial charge in [0.1, 0.15) is 13.2 Å². The molecular formula is C16H19NO3. The van der Waals surface area contributed by atoms with E-state index in [-0.39, 0.29) is 11.9 Å². The average molecular weight is 273 g/mol. The van der Waals surface area contributed by atoms with Gasteiger partial charge in [-0.05, 0) is 24.1 Å². The molecule has 1 aromatic carbocycles. The van der Waals surface area contributed by atoms with Gasteiger partial charge >= 0.3 is 0 Å². The Morgan fingerprint density at radius 2 is 2.00 bits per heavy atom. The molecule has 0 aromatic heterocycles. The Kier molecular flexibility index (Phi) is 3.38. The Balaban J connectivity index is 1.84. The smallest absolute Gasteiger partial charge is 0.254 e. The van der Waals surface area contributed by atoms with E-state index in [1.165, 1.54) is 0 Å². The van der Waals surface area contributed by atoms with Crippen molar-refractivity contribution in [1.29, 1.82) is 0 Å². The summed E-state index contributed by atoms with van der Waals surface area (Å²) in [5, 5.41) is 0. The van der Waals surface area contributed by atoms with E-state index in [4.69, 9.17) is 9.47 Å². The molecule has 1 aromatic rings. The number of amides is 1. The zero-order chi connectivity index (χ0) is 14.1. The van der Waals surface area contributed by atoms with Gasteiger partial charge in [0.25, 0.3) is 5.91 Å². The van der Waals surface area contributed by atoms with E-state index >= 15 is 0 Å². The highest BCUT2D eigenvalue weighted by atomic mass is 16.6. The molecule has 2 heterocycles. The SMILES string of the molecule is CC(C)C1C=CCN1C(=O)c1ccc2c(c1)OCCO2. The fourth-order valence-corrected chi connectivity index (χ4v) is 2.68. The van der Waals surface area contributed by atoms with Gasteiger partial charge in [0.05, 0.1) is 6.04 Å². The molecule has 2 aliphatic heterocycles. The summed E-state index contributed by atoms with van der Waals surface area (Å²) in [7, 11) is 0. The van der Waals surface area contributed by atoms with Crippen LogP contribution in [0.25, 0.3) is 0 Å². The lowest BCUT2D eigenvalue weighted by atomic mass is 10.0. The third-order valence-electron chi connectivity index (χ3n) is 3.73. The van der Waals surface area contributed by atoms with Crippen molar-refractivity contribution >= 4 is 5.91 Å². The van der Waals surface area contributed by atoms with E-state index in [1.54, 1.807) is 6.07 Å². The van der Waals surface area contributed by atoms with Crippen LogP contribution < -0.4 is 9.47 Å². The van der Waals surface area contributed by atoms with Gasteiger partial charge in [-0.15, -0.1) is 0 Å². The monoisotopic (exact) mass is 273 g/mol. The Morgan fingerprint density at radius 1 is 1.25 bits per heavy atom. The van der Waals surface area contributed by atoms with Crippen LogP contribution in [0.1, 0.15) is 24.2 Å². The van der Waals surface area contributed by atoms with Gasteiger partial charge in [-0.3, -0.25) is 4.79 Å². The minimum atomic E-state index is 0.0469. The largest absolute Gasteiger partial charge is 0.486 e. The molecule has 20 heavy (non-hydrogen) atoms. The van der Waals surface area contributed by atoms with Gasteiger partial charge in [-0.2, -0.15) is 0 Å². The maximum Gasteiger partial charge on any atom is 0.254 e. The number of fused-ring (bicyclic) bond motifs is 1. The Morgan fingerprint density at radius 3 is 2.75 bits per heavy atom. The maximum atomic E-state index is 12.6. The van der Waals surface area contributed by atoms with Gasteiger partial charge in [-0.1, -0.05) is 26.0 Å². The topological polar surface area (TPSA) is 38.8 Å². The maximum absolute atomic E-state index is 12.6. The first kappa shape index (κ1) is 13.0. The summed E-state index contributed by atoms with van der Waals surface area (Å²) in [5.74, 6) is 1.84. The van der Waals surface area contributed by atoms with E-state index < -0.39 is 0 Å². The fourth-order valence-electron chi connectivity index (χ4n) is 2.68. The molecule has 1 unspecified atom stereocenters. The molecular weight excluding hydrogens is 254 g/mol. The molecule has 1 atom stereocenters. The second-order valence-electron chi connectivity index (χ2n) is 5.48. The van der Waals surface area contributed by atoms with Crippen molar-refractivity contribution in [2.45, 2.75) is 19.9 Å². The summed E-state index contributed by atoms with van der Waals surface area (Å²) in [4.78, 5) is 14.5. The second-order valence-corrected chi connectivity index (χ2v) is 5.48. The van der Waals surface area contributed by atoms with Crippen molar-refractivity contribution in [3.63, 3.8) is 0 Å². The average Bonchev–Trinajstić information content (AvgIpc) is 2.95. The minimum Gasteiger partial charge on any atom is -0.486 e. The highest BCUT2D eigenvalue weighted by Crippen LogP contribution is 2.31. The van der Waals surface area contributed by atoms with Crippen LogP contribution in [0.5, 0.6) is 11.5 Å². The number of carbonyl (C=O) groups excluding carboxylic acids is 1. The summed E-state index contributed by atoms with van der Waals surface area (Å²) in [6.07, 6.45) is 4.17. The number of rotatable bonds is 2. The number of ether oxygens (including phenoxy) is 2. The van der Waals surface area contributed by atoms with Crippen molar-refractivity contribution in [3.8, 4) is 11.5 Å². The fraction of sp³-hybridized carbons (Fsp3) is 0.438. The van der Waals surface area contributed by atoms with E-state index in [0.717, 1.165) is 0 Å². The summed E-state index contributed by atoms with van der Waals surface area (Å²) >= 11 is 0. The molecule has 0 saturated carbocycles. The predicted molar refractivity (Wildman–Crippen MR) is 76.2 cm³/mol. The standard InChI is InChI=1S/C16H19NO3/c1-11(2)13-4-3-7-17(13)16(18)12-5-6-14-15(10-12)20-9-8-19-14/h3-6,10-11,13H,7-9H2,1-2H3. The molecule has 3 rings (SSSR count). The summed E-state index contributed by atoms with van der Waals surface area (Å²) in [5.41, 5.74) is 0.656. The molecule has 0 fully saturated rings. The Labute approximate surface area is 119 Å². The number of nitrogens with zero attached hydrogens (tertiary/aromatic N) is 1. The molecule has 0 aliphatic carbocycles. The number of carbonyl (C=O) groups is 1. The lowest BCUT2D eigenvalue weighted by molar-refractivity contribution is 0.0719. The van der Waals surface area contributed by atoms with Crippen molar-refractivity contribution in [3.05, 3.63) is 35.9 Å². The van der Waals surface area contributed by atoms with Crippen molar-refractivity contribution in [2.24, 2.45) is 5.92 Å². The van der Waals surface area contributed by atoms with Gasteiger partial charge in [-0.25, -0.2) is 0 Å². The molecule has 0 bridgehead atoms. The van der Waals surface area contributed by atoms with Crippen LogP contribution in [0.15, 0.2) is 30.4 Å². The molecule has 2 aliphatic rings. The molecule has 0 saturated heterocycles. The first-order valence-corrected chi connectivity index (χ1v) is 7.04. The summed E-state index contributed by atoms with van der Waals surface area (Å²) in [6.45, 7) is 6.03.